The van der Waals surface area contributed by atoms with Crippen LogP contribution in [0.1, 0.15) is 16.2 Å². The van der Waals surface area contributed by atoms with Gasteiger partial charge in [0.15, 0.2) is 11.6 Å². The number of carbonyl (C=O) groups excluding carboxylic acids is 1. The minimum atomic E-state index is -0.623. The fraction of sp³-hybridized carbons (Fsp3) is 0.0400. The van der Waals surface area contributed by atoms with Crippen molar-refractivity contribution in [2.45, 2.75) is 6.92 Å². The van der Waals surface area contributed by atoms with Gasteiger partial charge in [-0.05, 0) is 37.3 Å². The van der Waals surface area contributed by atoms with E-state index in [1.165, 1.54) is 18.3 Å². The molecule has 0 saturated carbocycles. The summed E-state index contributed by atoms with van der Waals surface area (Å²) in [6, 6.07) is 17.2. The number of ether oxygens (including phenoxy) is 1. The molecule has 162 valence electrons. The number of amides is 1. The first kappa shape index (κ1) is 20.3. The van der Waals surface area contributed by atoms with Crippen LogP contribution in [-0.4, -0.2) is 25.8 Å². The smallest absolute Gasteiger partial charge is 0.293 e. The van der Waals surface area contributed by atoms with E-state index >= 15 is 0 Å². The lowest BCUT2D eigenvalue weighted by Crippen LogP contribution is -2.16. The molecule has 7 nitrogen and oxygen atoms in total. The van der Waals surface area contributed by atoms with Crippen LogP contribution >= 0.6 is 0 Å². The Kier molecular flexibility index (Phi) is 5.24. The molecule has 0 aliphatic heterocycles. The maximum Gasteiger partial charge on any atom is 0.293 e. The van der Waals surface area contributed by atoms with Gasteiger partial charge in [-0.15, -0.1) is 0 Å². The number of anilines is 1. The number of fused-ring (bicyclic) bond motifs is 1. The number of aryl methyl sites for hydroxylation is 1. The molecule has 5 rings (SSSR count). The highest BCUT2D eigenvalue weighted by Gasteiger charge is 2.14. The van der Waals surface area contributed by atoms with Crippen LogP contribution in [0.3, 0.4) is 0 Å². The molecule has 2 aromatic carbocycles. The van der Waals surface area contributed by atoms with E-state index < -0.39 is 11.7 Å². The second-order valence-electron chi connectivity index (χ2n) is 7.38. The Morgan fingerprint density at radius 3 is 2.61 bits per heavy atom. The predicted molar refractivity (Wildman–Crippen MR) is 123 cm³/mol. The van der Waals surface area contributed by atoms with Gasteiger partial charge < -0.3 is 15.0 Å². The van der Waals surface area contributed by atoms with E-state index in [2.05, 4.69) is 25.3 Å². The third-order valence-electron chi connectivity index (χ3n) is 5.04. The number of aromatic amines is 1. The molecule has 0 atom stereocenters. The summed E-state index contributed by atoms with van der Waals surface area (Å²) in [4.78, 5) is 28.2. The molecular formula is C25H18FN5O2. The zero-order valence-corrected chi connectivity index (χ0v) is 17.5. The Balaban J connectivity index is 1.33. The van der Waals surface area contributed by atoms with Gasteiger partial charge in [0, 0.05) is 35.9 Å². The summed E-state index contributed by atoms with van der Waals surface area (Å²) in [6.45, 7) is 2.00. The van der Waals surface area contributed by atoms with Crippen molar-refractivity contribution < 1.29 is 13.9 Å². The standard InChI is InChI=1S/C25H18FN5O2/c1-15-2-4-16(5-3-15)20-9-12-29-24(31-20)25(32)30-17-6-7-22(19(26)14-17)33-21-10-13-28-23-18(21)8-11-27-23/h2-14H,1H3,(H,27,28)(H,30,32). The predicted octanol–water partition coefficient (Wildman–Crippen LogP) is 5.51. The molecule has 0 aliphatic carbocycles. The molecule has 0 spiro atoms. The van der Waals surface area contributed by atoms with Crippen LogP contribution in [0.2, 0.25) is 0 Å². The van der Waals surface area contributed by atoms with Crippen molar-refractivity contribution in [2.24, 2.45) is 0 Å². The summed E-state index contributed by atoms with van der Waals surface area (Å²) in [5.41, 5.74) is 3.53. The summed E-state index contributed by atoms with van der Waals surface area (Å²) in [6.07, 6.45) is 4.83. The van der Waals surface area contributed by atoms with Gasteiger partial charge in [-0.3, -0.25) is 4.79 Å². The monoisotopic (exact) mass is 439 g/mol. The summed E-state index contributed by atoms with van der Waals surface area (Å²) >= 11 is 0. The van der Waals surface area contributed by atoms with Crippen LogP contribution < -0.4 is 10.1 Å². The van der Waals surface area contributed by atoms with Gasteiger partial charge >= 0.3 is 0 Å². The zero-order chi connectivity index (χ0) is 22.8. The highest BCUT2D eigenvalue weighted by atomic mass is 19.1. The summed E-state index contributed by atoms with van der Waals surface area (Å²) in [5.74, 6) is -0.680. The fourth-order valence-electron chi connectivity index (χ4n) is 3.34. The maximum absolute atomic E-state index is 14.7. The van der Waals surface area contributed by atoms with Gasteiger partial charge in [-0.1, -0.05) is 29.8 Å². The van der Waals surface area contributed by atoms with Gasteiger partial charge in [0.25, 0.3) is 5.91 Å². The third kappa shape index (κ3) is 4.27. The van der Waals surface area contributed by atoms with Crippen LogP contribution in [0.15, 0.2) is 79.3 Å². The lowest BCUT2D eigenvalue weighted by Gasteiger charge is -2.10. The van der Waals surface area contributed by atoms with E-state index in [9.17, 15) is 9.18 Å². The molecule has 0 aliphatic rings. The lowest BCUT2D eigenvalue weighted by molar-refractivity contribution is 0.101. The van der Waals surface area contributed by atoms with Crippen LogP contribution in [-0.2, 0) is 0 Å². The number of nitrogens with zero attached hydrogens (tertiary/aromatic N) is 3. The molecule has 0 bridgehead atoms. The van der Waals surface area contributed by atoms with Crippen molar-refractivity contribution in [3.05, 3.63) is 96.5 Å². The fourth-order valence-corrected chi connectivity index (χ4v) is 3.34. The minimum absolute atomic E-state index is 0.0135. The van der Waals surface area contributed by atoms with Gasteiger partial charge in [0.2, 0.25) is 5.82 Å². The molecule has 1 amide bonds. The van der Waals surface area contributed by atoms with Crippen molar-refractivity contribution >= 4 is 22.6 Å². The van der Waals surface area contributed by atoms with Crippen molar-refractivity contribution in [3.8, 4) is 22.8 Å². The highest BCUT2D eigenvalue weighted by molar-refractivity contribution is 6.01. The second kappa shape index (κ2) is 8.51. The Labute approximate surface area is 188 Å². The minimum Gasteiger partial charge on any atom is -0.453 e. The molecule has 2 N–H and O–H groups in total. The first-order valence-electron chi connectivity index (χ1n) is 10.2. The van der Waals surface area contributed by atoms with Crippen LogP contribution in [0, 0.1) is 12.7 Å². The number of aromatic nitrogens is 4. The van der Waals surface area contributed by atoms with E-state index in [0.717, 1.165) is 16.5 Å². The summed E-state index contributed by atoms with van der Waals surface area (Å²) < 4.78 is 20.4. The van der Waals surface area contributed by atoms with Crippen molar-refractivity contribution in [3.63, 3.8) is 0 Å². The van der Waals surface area contributed by atoms with Crippen molar-refractivity contribution in [2.75, 3.05) is 5.32 Å². The second-order valence-corrected chi connectivity index (χ2v) is 7.38. The van der Waals surface area contributed by atoms with Gasteiger partial charge in [-0.2, -0.15) is 0 Å². The Morgan fingerprint density at radius 2 is 1.79 bits per heavy atom. The molecule has 3 aromatic heterocycles. The first-order chi connectivity index (χ1) is 16.1. The topological polar surface area (TPSA) is 92.8 Å². The van der Waals surface area contributed by atoms with E-state index in [0.29, 0.717) is 17.1 Å². The number of hydrogen-bond acceptors (Lipinski definition) is 5. The average molecular weight is 439 g/mol. The summed E-state index contributed by atoms with van der Waals surface area (Å²) in [7, 11) is 0. The molecular weight excluding hydrogens is 421 g/mol. The Bertz CT molecular complexity index is 1460. The lowest BCUT2D eigenvalue weighted by atomic mass is 10.1. The van der Waals surface area contributed by atoms with Crippen LogP contribution in [0.5, 0.6) is 11.5 Å². The highest BCUT2D eigenvalue weighted by Crippen LogP contribution is 2.31. The molecule has 8 heteroatoms. The molecule has 0 radical (unpaired) electrons. The van der Waals surface area contributed by atoms with E-state index in [4.69, 9.17) is 4.74 Å². The number of benzene rings is 2. The average Bonchev–Trinajstić information content (AvgIpc) is 3.31. The van der Waals surface area contributed by atoms with E-state index in [1.54, 1.807) is 36.7 Å². The SMILES string of the molecule is Cc1ccc(-c2ccnc(C(=O)Nc3ccc(Oc4ccnc5[nH]ccc45)c(F)c3)n2)cc1. The number of rotatable bonds is 5. The number of pyridine rings is 1. The quantitative estimate of drug-likeness (QED) is 0.377. The van der Waals surface area contributed by atoms with E-state index in [1.807, 2.05) is 31.2 Å². The number of H-pyrrole nitrogens is 1. The number of halogens is 1. The molecule has 5 aromatic rings. The van der Waals surface area contributed by atoms with E-state index in [-0.39, 0.29) is 17.3 Å². The summed E-state index contributed by atoms with van der Waals surface area (Å²) in [5, 5.41) is 3.36. The largest absolute Gasteiger partial charge is 0.453 e. The van der Waals surface area contributed by atoms with Crippen molar-refractivity contribution in [1.29, 1.82) is 0 Å². The maximum atomic E-state index is 14.7. The Hall–Kier alpha value is -4.59. The third-order valence-corrected chi connectivity index (χ3v) is 5.04. The van der Waals surface area contributed by atoms with Crippen LogP contribution in [0.4, 0.5) is 10.1 Å². The number of hydrogen-bond donors (Lipinski definition) is 2. The molecule has 3 heterocycles. The van der Waals surface area contributed by atoms with Gasteiger partial charge in [0.05, 0.1) is 11.1 Å². The molecule has 0 fully saturated rings. The zero-order valence-electron chi connectivity index (χ0n) is 17.5. The Morgan fingerprint density at radius 1 is 0.970 bits per heavy atom. The van der Waals surface area contributed by atoms with Gasteiger partial charge in [0.1, 0.15) is 11.4 Å². The van der Waals surface area contributed by atoms with Gasteiger partial charge in [-0.25, -0.2) is 19.3 Å². The first-order valence-corrected chi connectivity index (χ1v) is 10.2. The normalized spacial score (nSPS) is 10.8. The van der Waals surface area contributed by atoms with Crippen molar-refractivity contribution in [1.82, 2.24) is 19.9 Å². The number of carbonyl (C=O) groups is 1. The number of nitrogens with one attached hydrogen (secondary N) is 2. The molecule has 33 heavy (non-hydrogen) atoms. The van der Waals surface area contributed by atoms with Crippen LogP contribution in [0.25, 0.3) is 22.3 Å². The molecule has 0 saturated heterocycles. The molecule has 0 unspecified atom stereocenters.